The van der Waals surface area contributed by atoms with E-state index in [0.717, 1.165) is 6.42 Å². The summed E-state index contributed by atoms with van der Waals surface area (Å²) in [6, 6.07) is 3.93. The summed E-state index contributed by atoms with van der Waals surface area (Å²) < 4.78 is 36.7. The standard InChI is InChI=1S/C25H30F2N6O3/c1-5-15(4)36-25(35)32-10-8-16(9-11-32)33-21-13-28-19(12-20(21)30-31-33)17-6-7-18(23(27)22(17)26)24(34)29-14(2)3/h6-7,12-16H,5,8-11H2,1-4H3,(H,29,34)/t15-/m1/s1. The maximum Gasteiger partial charge on any atom is 0.410 e. The fourth-order valence-electron chi connectivity index (χ4n) is 4.14. The molecule has 0 aliphatic carbocycles. The van der Waals surface area contributed by atoms with E-state index in [9.17, 15) is 18.4 Å². The number of carbonyl (C=O) groups excluding carboxylic acids is 2. The van der Waals surface area contributed by atoms with Gasteiger partial charge in [0.25, 0.3) is 5.91 Å². The summed E-state index contributed by atoms with van der Waals surface area (Å²) in [5.41, 5.74) is 0.895. The average molecular weight is 501 g/mol. The van der Waals surface area contributed by atoms with Gasteiger partial charge in [-0.05, 0) is 58.2 Å². The van der Waals surface area contributed by atoms with E-state index in [1.54, 1.807) is 29.5 Å². The van der Waals surface area contributed by atoms with Crippen molar-refractivity contribution in [3.05, 3.63) is 41.6 Å². The lowest BCUT2D eigenvalue weighted by Crippen LogP contribution is -2.40. The maximum atomic E-state index is 14.9. The molecule has 1 atom stereocenters. The highest BCUT2D eigenvalue weighted by atomic mass is 19.2. The summed E-state index contributed by atoms with van der Waals surface area (Å²) in [6.45, 7) is 8.37. The quantitative estimate of drug-likeness (QED) is 0.535. The highest BCUT2D eigenvalue weighted by Crippen LogP contribution is 2.29. The number of nitrogens with one attached hydrogen (secondary N) is 1. The van der Waals surface area contributed by atoms with Crippen molar-refractivity contribution in [1.29, 1.82) is 0 Å². The number of aromatic nitrogens is 4. The van der Waals surface area contributed by atoms with Gasteiger partial charge in [0.15, 0.2) is 11.6 Å². The van der Waals surface area contributed by atoms with Crippen molar-refractivity contribution in [3.63, 3.8) is 0 Å². The lowest BCUT2D eigenvalue weighted by Gasteiger charge is -2.32. The van der Waals surface area contributed by atoms with Crippen LogP contribution in [0.5, 0.6) is 0 Å². The number of piperidine rings is 1. The smallest absolute Gasteiger partial charge is 0.410 e. The number of carbonyl (C=O) groups is 2. The number of ether oxygens (including phenoxy) is 1. The first-order valence-electron chi connectivity index (χ1n) is 12.1. The summed E-state index contributed by atoms with van der Waals surface area (Å²) >= 11 is 0. The number of pyridine rings is 1. The molecule has 9 nitrogen and oxygen atoms in total. The monoisotopic (exact) mass is 500 g/mol. The van der Waals surface area contributed by atoms with Gasteiger partial charge in [-0.2, -0.15) is 0 Å². The summed E-state index contributed by atoms with van der Waals surface area (Å²) in [4.78, 5) is 30.4. The van der Waals surface area contributed by atoms with Gasteiger partial charge in [-0.3, -0.25) is 9.78 Å². The summed E-state index contributed by atoms with van der Waals surface area (Å²) in [6.07, 6.45) is 3.22. The van der Waals surface area contributed by atoms with E-state index in [4.69, 9.17) is 4.74 Å². The molecule has 2 amide bonds. The Labute approximate surface area is 207 Å². The van der Waals surface area contributed by atoms with Crippen LogP contribution in [0.3, 0.4) is 0 Å². The number of hydrogen-bond donors (Lipinski definition) is 1. The molecule has 3 aromatic rings. The third-order valence-electron chi connectivity index (χ3n) is 6.33. The minimum atomic E-state index is -1.23. The molecule has 11 heteroatoms. The van der Waals surface area contributed by atoms with Crippen LogP contribution in [0, 0.1) is 11.6 Å². The normalized spacial score (nSPS) is 15.4. The van der Waals surface area contributed by atoms with Crippen LogP contribution in [0.4, 0.5) is 13.6 Å². The molecule has 0 saturated carbocycles. The van der Waals surface area contributed by atoms with Crippen LogP contribution in [-0.4, -0.2) is 62.1 Å². The molecule has 2 aromatic heterocycles. The van der Waals surface area contributed by atoms with Gasteiger partial charge >= 0.3 is 6.09 Å². The molecule has 1 aliphatic rings. The zero-order chi connectivity index (χ0) is 26.0. The number of nitrogens with zero attached hydrogens (tertiary/aromatic N) is 5. The van der Waals surface area contributed by atoms with Gasteiger partial charge in [0, 0.05) is 24.7 Å². The van der Waals surface area contributed by atoms with E-state index in [-0.39, 0.29) is 41.1 Å². The number of hydrogen-bond acceptors (Lipinski definition) is 6. The van der Waals surface area contributed by atoms with Gasteiger partial charge in [0.05, 0.1) is 23.5 Å². The van der Waals surface area contributed by atoms with Crippen LogP contribution in [0.25, 0.3) is 22.3 Å². The van der Waals surface area contributed by atoms with Crippen LogP contribution >= 0.6 is 0 Å². The number of halogens is 2. The molecule has 36 heavy (non-hydrogen) atoms. The van der Waals surface area contributed by atoms with E-state index in [0.29, 0.717) is 37.0 Å². The van der Waals surface area contributed by atoms with Crippen LogP contribution in [0.1, 0.15) is 63.4 Å². The molecular formula is C25H30F2N6O3. The second kappa shape index (κ2) is 10.5. The van der Waals surface area contributed by atoms with E-state index >= 15 is 0 Å². The van der Waals surface area contributed by atoms with E-state index in [2.05, 4.69) is 20.6 Å². The Hall–Kier alpha value is -3.63. The van der Waals surface area contributed by atoms with E-state index in [1.807, 2.05) is 13.8 Å². The second-order valence-corrected chi connectivity index (χ2v) is 9.33. The molecule has 1 saturated heterocycles. The Morgan fingerprint density at radius 1 is 1.17 bits per heavy atom. The second-order valence-electron chi connectivity index (χ2n) is 9.33. The van der Waals surface area contributed by atoms with Gasteiger partial charge in [0.2, 0.25) is 0 Å². The van der Waals surface area contributed by atoms with Crippen molar-refractivity contribution < 1.29 is 23.1 Å². The molecule has 1 aromatic carbocycles. The Bertz CT molecular complexity index is 1270. The van der Waals surface area contributed by atoms with Crippen molar-refractivity contribution in [2.75, 3.05) is 13.1 Å². The fourth-order valence-corrected chi connectivity index (χ4v) is 4.14. The summed E-state index contributed by atoms with van der Waals surface area (Å²) in [5.74, 6) is -3.06. The molecule has 1 fully saturated rings. The fraction of sp³-hybridized carbons (Fsp3) is 0.480. The predicted octanol–water partition coefficient (Wildman–Crippen LogP) is 4.48. The van der Waals surface area contributed by atoms with Crippen LogP contribution in [0.15, 0.2) is 24.4 Å². The predicted molar refractivity (Wildman–Crippen MR) is 129 cm³/mol. The highest BCUT2D eigenvalue weighted by molar-refractivity contribution is 5.95. The number of likely N-dealkylation sites (tertiary alicyclic amines) is 1. The Morgan fingerprint density at radius 3 is 2.56 bits per heavy atom. The van der Waals surface area contributed by atoms with Crippen molar-refractivity contribution in [3.8, 4) is 11.3 Å². The molecule has 0 unspecified atom stereocenters. The molecule has 0 radical (unpaired) electrons. The minimum absolute atomic E-state index is 0.0169. The molecule has 1 N–H and O–H groups in total. The maximum absolute atomic E-state index is 14.9. The summed E-state index contributed by atoms with van der Waals surface area (Å²) in [5, 5.41) is 11.0. The molecule has 0 bridgehead atoms. The Balaban J connectivity index is 1.51. The van der Waals surface area contributed by atoms with Gasteiger partial charge < -0.3 is 15.0 Å². The zero-order valence-corrected chi connectivity index (χ0v) is 20.8. The first-order valence-corrected chi connectivity index (χ1v) is 12.1. The molecule has 0 spiro atoms. The van der Waals surface area contributed by atoms with Gasteiger partial charge in [0.1, 0.15) is 17.1 Å². The number of benzene rings is 1. The SMILES string of the molecule is CC[C@@H](C)OC(=O)N1CCC(n2nnc3cc(-c4ccc(C(=O)NC(C)C)c(F)c4F)ncc32)CC1. The first kappa shape index (κ1) is 25.5. The van der Waals surface area contributed by atoms with Crippen molar-refractivity contribution in [2.24, 2.45) is 0 Å². The number of rotatable bonds is 6. The lowest BCUT2D eigenvalue weighted by molar-refractivity contribution is 0.0581. The zero-order valence-electron chi connectivity index (χ0n) is 20.8. The minimum Gasteiger partial charge on any atom is -0.446 e. The van der Waals surface area contributed by atoms with E-state index in [1.165, 1.54) is 18.3 Å². The summed E-state index contributed by atoms with van der Waals surface area (Å²) in [7, 11) is 0. The third-order valence-corrected chi connectivity index (χ3v) is 6.33. The molecule has 3 heterocycles. The first-order chi connectivity index (χ1) is 17.2. The van der Waals surface area contributed by atoms with Gasteiger partial charge in [-0.1, -0.05) is 12.1 Å². The number of amides is 2. The lowest BCUT2D eigenvalue weighted by atomic mass is 10.0. The van der Waals surface area contributed by atoms with Crippen LogP contribution in [-0.2, 0) is 4.74 Å². The Morgan fingerprint density at radius 2 is 1.89 bits per heavy atom. The van der Waals surface area contributed by atoms with Crippen molar-refractivity contribution in [2.45, 2.75) is 65.1 Å². The third kappa shape index (κ3) is 5.14. The number of fused-ring (bicyclic) bond motifs is 1. The van der Waals surface area contributed by atoms with E-state index < -0.39 is 17.5 Å². The average Bonchev–Trinajstić information content (AvgIpc) is 3.28. The van der Waals surface area contributed by atoms with Gasteiger partial charge in [-0.15, -0.1) is 5.10 Å². The molecule has 1 aliphatic heterocycles. The van der Waals surface area contributed by atoms with Gasteiger partial charge in [-0.25, -0.2) is 18.3 Å². The van der Waals surface area contributed by atoms with Crippen molar-refractivity contribution in [1.82, 2.24) is 30.2 Å². The topological polar surface area (TPSA) is 102 Å². The molecule has 4 rings (SSSR count). The highest BCUT2D eigenvalue weighted by Gasteiger charge is 2.27. The van der Waals surface area contributed by atoms with Crippen LogP contribution < -0.4 is 5.32 Å². The van der Waals surface area contributed by atoms with Crippen molar-refractivity contribution >= 4 is 23.0 Å². The molecule has 192 valence electrons. The molecular weight excluding hydrogens is 470 g/mol. The largest absolute Gasteiger partial charge is 0.446 e. The van der Waals surface area contributed by atoms with Crippen LogP contribution in [0.2, 0.25) is 0 Å². The Kier molecular flexibility index (Phi) is 7.46.